The molecule has 1 aromatic carbocycles. The molecule has 0 saturated carbocycles. The summed E-state index contributed by atoms with van der Waals surface area (Å²) in [7, 11) is 0. The van der Waals surface area contributed by atoms with Crippen molar-refractivity contribution < 1.29 is 6.22 Å². The van der Waals surface area contributed by atoms with Gasteiger partial charge in [0.15, 0.2) is 0 Å². The molecule has 4 nitrogen and oxygen atoms in total. The molecule has 0 bridgehead atoms. The normalized spacial score (nSPS) is 9.09. The summed E-state index contributed by atoms with van der Waals surface area (Å²) < 4.78 is 4.59. The topological polar surface area (TPSA) is 52.4 Å². The van der Waals surface area contributed by atoms with E-state index in [0.29, 0.717) is 5.75 Å². The molecule has 0 spiro atoms. The maximum atomic E-state index is 9.93. The van der Waals surface area contributed by atoms with E-state index in [9.17, 15) is 10.1 Å². The molecular weight excluding hydrogens is 253 g/mol. The Balaban J connectivity index is 2.45. The molecule has 0 aromatic heterocycles. The van der Waals surface area contributed by atoms with E-state index in [1.807, 2.05) is 6.07 Å². The second-order valence-corrected chi connectivity index (χ2v) is 3.91. The summed E-state index contributed by atoms with van der Waals surface area (Å²) >= 11 is -1.89. The Labute approximate surface area is 74.4 Å². The van der Waals surface area contributed by atoms with Crippen LogP contribution in [0.3, 0.4) is 0 Å². The predicted octanol–water partition coefficient (Wildman–Crippen LogP) is 0.876. The first-order valence-electron chi connectivity index (χ1n) is 2.91. The van der Waals surface area contributed by atoms with E-state index < -0.39 is 21.8 Å². The third-order valence-electron chi connectivity index (χ3n) is 0.981. The molecule has 0 aliphatic carbocycles. The van der Waals surface area contributed by atoms with Crippen LogP contribution in [-0.2, 0) is 0 Å². The molecule has 0 unspecified atom stereocenters. The Hall–Kier alpha value is -0.781. The number of para-hydroxylation sites is 1. The van der Waals surface area contributed by atoms with Crippen LogP contribution in [0.5, 0.6) is 5.75 Å². The Morgan fingerprint density at radius 2 is 2.00 bits per heavy atom. The van der Waals surface area contributed by atoms with Gasteiger partial charge in [-0.15, -0.1) is 0 Å². The fourth-order valence-electron chi connectivity index (χ4n) is 0.579. The van der Waals surface area contributed by atoms with E-state index in [2.05, 4.69) is 0 Å². The molecule has 0 saturated heterocycles. The van der Waals surface area contributed by atoms with E-state index in [0.717, 1.165) is 0 Å². The molecule has 0 heterocycles. The summed E-state index contributed by atoms with van der Waals surface area (Å²) in [4.78, 5) is 9.93. The Kier molecular flexibility index (Phi) is 3.15. The summed E-state index contributed by atoms with van der Waals surface area (Å²) in [5, 5.41) is 9.93. The third kappa shape index (κ3) is 3.22. The third-order valence-corrected chi connectivity index (χ3v) is 2.34. The first-order chi connectivity index (χ1) is 5.29. The van der Waals surface area contributed by atoms with Crippen molar-refractivity contribution in [3.05, 3.63) is 40.4 Å². The maximum absolute atomic E-state index is 9.93. The van der Waals surface area contributed by atoms with Crippen LogP contribution in [0.25, 0.3) is 0 Å². The minimum absolute atomic E-state index is 0.351. The van der Waals surface area contributed by atoms with Crippen LogP contribution in [-0.4, -0.2) is 25.0 Å². The van der Waals surface area contributed by atoms with Gasteiger partial charge < -0.3 is 0 Å². The quantitative estimate of drug-likeness (QED) is 0.459. The molecule has 0 aliphatic rings. The Morgan fingerprint density at radius 1 is 1.36 bits per heavy atom. The van der Waals surface area contributed by atoms with Gasteiger partial charge in [0.2, 0.25) is 0 Å². The van der Waals surface area contributed by atoms with Crippen LogP contribution in [0, 0.1) is 10.1 Å². The van der Waals surface area contributed by atoms with Gasteiger partial charge in [-0.1, -0.05) is 0 Å². The minimum atomic E-state index is -1.89. The van der Waals surface area contributed by atoms with Crippen LogP contribution in [0.2, 0.25) is 0 Å². The van der Waals surface area contributed by atoms with Crippen molar-refractivity contribution in [1.82, 2.24) is 0 Å². The van der Waals surface area contributed by atoms with Crippen molar-refractivity contribution in [2.75, 3.05) is 0 Å². The average Bonchev–Trinajstić information content (AvgIpc) is 2.03. The van der Waals surface area contributed by atoms with E-state index >= 15 is 0 Å². The molecular formula is C6H5NO3Sn. The molecule has 5 heteroatoms. The van der Waals surface area contributed by atoms with Gasteiger partial charge in [0, 0.05) is 0 Å². The second kappa shape index (κ2) is 4.17. The first kappa shape index (κ1) is 8.32. The molecule has 0 fully saturated rings. The first-order valence-corrected chi connectivity index (χ1v) is 5.35. The SMILES string of the molecule is O=[N+]([O-])[Sn][O]c1ccccc1. The molecule has 0 atom stereocenters. The molecule has 1 aromatic rings. The van der Waals surface area contributed by atoms with Gasteiger partial charge in [-0.25, -0.2) is 0 Å². The van der Waals surface area contributed by atoms with Crippen molar-refractivity contribution in [2.45, 2.75) is 0 Å². The summed E-state index contributed by atoms with van der Waals surface area (Å²) in [5.74, 6) is 0.593. The van der Waals surface area contributed by atoms with Gasteiger partial charge in [0.25, 0.3) is 0 Å². The molecule has 56 valence electrons. The second-order valence-electron chi connectivity index (χ2n) is 1.76. The van der Waals surface area contributed by atoms with Gasteiger partial charge in [-0.3, -0.25) is 0 Å². The van der Waals surface area contributed by atoms with Crippen LogP contribution >= 0.6 is 0 Å². The zero-order valence-electron chi connectivity index (χ0n) is 5.56. The van der Waals surface area contributed by atoms with Crippen LogP contribution < -0.4 is 3.07 Å². The van der Waals surface area contributed by atoms with Crippen molar-refractivity contribution >= 4 is 21.8 Å². The Bertz CT molecular complexity index is 239. The van der Waals surface area contributed by atoms with Gasteiger partial charge in [0.05, 0.1) is 0 Å². The van der Waals surface area contributed by atoms with Gasteiger partial charge in [-0.2, -0.15) is 0 Å². The number of hydrogen-bond acceptors (Lipinski definition) is 3. The summed E-state index contributed by atoms with van der Waals surface area (Å²) in [5.41, 5.74) is 0. The zero-order valence-corrected chi connectivity index (χ0v) is 8.41. The van der Waals surface area contributed by atoms with Gasteiger partial charge in [0.1, 0.15) is 0 Å². The molecule has 0 aliphatic heterocycles. The van der Waals surface area contributed by atoms with E-state index in [4.69, 9.17) is 3.07 Å². The molecule has 1 rings (SSSR count). The summed E-state index contributed by atoms with van der Waals surface area (Å²) in [6.07, 6.45) is 0. The van der Waals surface area contributed by atoms with Gasteiger partial charge in [-0.05, 0) is 0 Å². The number of nitrogens with zero attached hydrogens (tertiary/aromatic N) is 1. The zero-order chi connectivity index (χ0) is 8.10. The fraction of sp³-hybridized carbons (Fsp3) is 0. The van der Waals surface area contributed by atoms with E-state index in [-0.39, 0.29) is 3.15 Å². The van der Waals surface area contributed by atoms with Crippen molar-refractivity contribution in [1.29, 1.82) is 0 Å². The molecule has 11 heavy (non-hydrogen) atoms. The van der Waals surface area contributed by atoms with Crippen molar-refractivity contribution in [3.8, 4) is 5.75 Å². The fourth-order valence-corrected chi connectivity index (χ4v) is 1.48. The molecule has 0 amide bonds. The monoisotopic (exact) mass is 259 g/mol. The molecule has 2 radical (unpaired) electrons. The van der Waals surface area contributed by atoms with Gasteiger partial charge >= 0.3 is 74.2 Å². The summed E-state index contributed by atoms with van der Waals surface area (Å²) in [6, 6.07) is 8.84. The van der Waals surface area contributed by atoms with Crippen LogP contribution in [0.1, 0.15) is 0 Å². The Morgan fingerprint density at radius 3 is 2.55 bits per heavy atom. The number of benzene rings is 1. The van der Waals surface area contributed by atoms with Crippen LogP contribution in [0.4, 0.5) is 0 Å². The van der Waals surface area contributed by atoms with E-state index in [1.54, 1.807) is 24.3 Å². The average molecular weight is 258 g/mol. The predicted molar refractivity (Wildman–Crippen MR) is 39.8 cm³/mol. The molecule has 0 N–H and O–H groups in total. The standard InChI is InChI=1S/C6H6O.NO2.Sn/c7-6-4-2-1-3-5-6;2-1-3;/h1-5,7H;;/q;;+1/p-1. The number of hydrogen-bond donors (Lipinski definition) is 0. The summed E-state index contributed by atoms with van der Waals surface area (Å²) in [6.45, 7) is 0. The number of nitro groups is 1. The van der Waals surface area contributed by atoms with Crippen molar-refractivity contribution in [2.24, 2.45) is 0 Å². The van der Waals surface area contributed by atoms with Crippen molar-refractivity contribution in [3.63, 3.8) is 0 Å². The number of rotatable bonds is 3. The van der Waals surface area contributed by atoms with Crippen LogP contribution in [0.15, 0.2) is 30.3 Å². The van der Waals surface area contributed by atoms with E-state index in [1.165, 1.54) is 0 Å².